The Hall–Kier alpha value is -5.88. The summed E-state index contributed by atoms with van der Waals surface area (Å²) in [6.07, 6.45) is 1.15. The van der Waals surface area contributed by atoms with Gasteiger partial charge in [-0.15, -0.1) is 0 Å². The topological polar surface area (TPSA) is 74.8 Å². The minimum atomic E-state index is -0.290. The largest absolute Gasteiger partial charge is 0.274 e. The number of imide groups is 2. The number of carbonyl (C=O) groups excluding carboxylic acids is 4. The van der Waals surface area contributed by atoms with Gasteiger partial charge in [-0.25, -0.2) is 0 Å². The van der Waals surface area contributed by atoms with Gasteiger partial charge in [0, 0.05) is 46.1 Å². The molecule has 48 heavy (non-hydrogen) atoms. The van der Waals surface area contributed by atoms with Gasteiger partial charge in [0.05, 0.1) is 0 Å². The highest BCUT2D eigenvalue weighted by atomic mass is 16.2. The van der Waals surface area contributed by atoms with Crippen molar-refractivity contribution in [2.75, 3.05) is 13.1 Å². The fraction of sp³-hybridized carbons (Fsp3) is 0.143. The number of aryl methyl sites for hydroxylation is 2. The zero-order valence-corrected chi connectivity index (χ0v) is 26.6. The molecule has 4 amide bonds. The number of hydrogen-bond acceptors (Lipinski definition) is 4. The van der Waals surface area contributed by atoms with Crippen LogP contribution in [0.3, 0.4) is 0 Å². The molecule has 6 nitrogen and oxygen atoms in total. The normalized spacial score (nSPS) is 14.5. The molecule has 2 aliphatic rings. The summed E-state index contributed by atoms with van der Waals surface area (Å²) in [5.74, 6) is -1.16. The third-order valence-corrected chi connectivity index (χ3v) is 10.3. The fourth-order valence-corrected chi connectivity index (χ4v) is 7.77. The maximum Gasteiger partial charge on any atom is 0.261 e. The summed E-state index contributed by atoms with van der Waals surface area (Å²) < 4.78 is 0. The van der Waals surface area contributed by atoms with Gasteiger partial charge in [0.2, 0.25) is 0 Å². The fourth-order valence-electron chi connectivity index (χ4n) is 7.77. The predicted molar refractivity (Wildman–Crippen MR) is 188 cm³/mol. The van der Waals surface area contributed by atoms with Crippen LogP contribution in [0.25, 0.3) is 43.1 Å². The predicted octanol–water partition coefficient (Wildman–Crippen LogP) is 8.03. The minimum absolute atomic E-state index is 0.290. The first kappa shape index (κ1) is 28.4. The van der Waals surface area contributed by atoms with Crippen molar-refractivity contribution in [3.05, 3.63) is 142 Å². The van der Waals surface area contributed by atoms with Crippen LogP contribution >= 0.6 is 0 Å². The lowest BCUT2D eigenvalue weighted by atomic mass is 9.82. The third kappa shape index (κ3) is 3.99. The van der Waals surface area contributed by atoms with Crippen LogP contribution in [-0.4, -0.2) is 46.5 Å². The molecule has 7 aromatic carbocycles. The zero-order chi connectivity index (χ0) is 32.8. The number of benzene rings is 7. The van der Waals surface area contributed by atoms with E-state index < -0.39 is 0 Å². The Morgan fingerprint density at radius 1 is 0.375 bits per heavy atom. The molecule has 6 heteroatoms. The summed E-state index contributed by atoms with van der Waals surface area (Å²) in [4.78, 5) is 58.2. The van der Waals surface area contributed by atoms with E-state index in [1.54, 1.807) is 0 Å². The van der Waals surface area contributed by atoms with Crippen molar-refractivity contribution in [3.63, 3.8) is 0 Å². The van der Waals surface area contributed by atoms with E-state index in [0.717, 1.165) is 54.6 Å². The number of amides is 4. The minimum Gasteiger partial charge on any atom is -0.274 e. The van der Waals surface area contributed by atoms with Crippen LogP contribution in [0.4, 0.5) is 0 Å². The molecule has 0 aliphatic carbocycles. The molecule has 9 rings (SSSR count). The van der Waals surface area contributed by atoms with Crippen molar-refractivity contribution in [3.8, 4) is 0 Å². The van der Waals surface area contributed by atoms with E-state index in [9.17, 15) is 19.2 Å². The highest BCUT2D eigenvalue weighted by molar-refractivity contribution is 6.41. The third-order valence-electron chi connectivity index (χ3n) is 10.3. The smallest absolute Gasteiger partial charge is 0.261 e. The highest BCUT2D eigenvalue weighted by Crippen LogP contribution is 2.46. The SMILES string of the molecule is Cc1ccc(CCN2C(=O)c3ccc4c5ccc6c7c(ccc(c8ccc(c3c48)C2=O)c75)C(=O)N(CCc2ccc(C)cc2)C6=O)cc1. The first-order valence-corrected chi connectivity index (χ1v) is 16.3. The second-order valence-corrected chi connectivity index (χ2v) is 13.1. The summed E-state index contributed by atoms with van der Waals surface area (Å²) in [5.41, 5.74) is 6.51. The van der Waals surface area contributed by atoms with Gasteiger partial charge in [-0.2, -0.15) is 0 Å². The average molecular weight is 627 g/mol. The monoisotopic (exact) mass is 626 g/mol. The molecular weight excluding hydrogens is 596 g/mol. The van der Waals surface area contributed by atoms with Crippen LogP contribution in [0.5, 0.6) is 0 Å². The standard InChI is InChI=1S/C42H30N2O4/c1-23-3-7-25(8-4-23)19-21-43-39(45)31-15-11-27-29-13-17-33-38-34(42(48)44(41(33)47)22-20-26-9-5-24(2)6-10-26)18-14-30(36(29)38)28-12-16-32(40(43)46)37(31)35(27)28/h3-18H,19-22H2,1-2H3. The number of rotatable bonds is 6. The van der Waals surface area contributed by atoms with Crippen LogP contribution in [0.1, 0.15) is 63.7 Å². The summed E-state index contributed by atoms with van der Waals surface area (Å²) in [6, 6.07) is 31.4. The second kappa shape index (κ2) is 10.3. The molecule has 0 spiro atoms. The van der Waals surface area contributed by atoms with E-state index in [2.05, 4.69) is 0 Å². The van der Waals surface area contributed by atoms with Crippen LogP contribution < -0.4 is 0 Å². The van der Waals surface area contributed by atoms with E-state index in [1.807, 2.05) is 111 Å². The summed E-state index contributed by atoms with van der Waals surface area (Å²) >= 11 is 0. The maximum atomic E-state index is 13.9. The molecule has 0 N–H and O–H groups in total. The molecule has 0 bridgehead atoms. The van der Waals surface area contributed by atoms with Gasteiger partial charge in [0.15, 0.2) is 0 Å². The van der Waals surface area contributed by atoms with Crippen LogP contribution in [0.2, 0.25) is 0 Å². The number of fused-ring (bicyclic) bond motifs is 2. The van der Waals surface area contributed by atoms with Gasteiger partial charge in [-0.05, 0) is 94.4 Å². The lowest BCUT2D eigenvalue weighted by Crippen LogP contribution is -2.41. The Labute approximate surface area is 276 Å². The van der Waals surface area contributed by atoms with Crippen molar-refractivity contribution < 1.29 is 19.2 Å². The van der Waals surface area contributed by atoms with Crippen molar-refractivity contribution in [1.29, 1.82) is 0 Å². The molecule has 0 aromatic heterocycles. The summed E-state index contributed by atoms with van der Waals surface area (Å²) in [5, 5.41) is 6.59. The number of hydrogen-bond donors (Lipinski definition) is 0. The Balaban J connectivity index is 1.15. The van der Waals surface area contributed by atoms with Gasteiger partial charge in [0.1, 0.15) is 0 Å². The zero-order valence-electron chi connectivity index (χ0n) is 26.6. The van der Waals surface area contributed by atoms with E-state index in [1.165, 1.54) is 9.80 Å². The lowest BCUT2D eigenvalue weighted by Gasteiger charge is -2.30. The van der Waals surface area contributed by atoms with E-state index >= 15 is 0 Å². The molecule has 2 aliphatic heterocycles. The second-order valence-electron chi connectivity index (χ2n) is 13.1. The molecule has 232 valence electrons. The Morgan fingerprint density at radius 2 is 0.667 bits per heavy atom. The molecule has 0 saturated heterocycles. The Kier molecular flexibility index (Phi) is 6.09. The molecule has 2 heterocycles. The van der Waals surface area contributed by atoms with Crippen LogP contribution in [-0.2, 0) is 12.8 Å². The number of nitrogens with zero attached hydrogens (tertiary/aromatic N) is 2. The molecule has 0 saturated carbocycles. The van der Waals surface area contributed by atoms with Gasteiger partial charge in [0.25, 0.3) is 23.6 Å². The van der Waals surface area contributed by atoms with Crippen LogP contribution in [0, 0.1) is 13.8 Å². The van der Waals surface area contributed by atoms with Crippen molar-refractivity contribution in [2.24, 2.45) is 0 Å². The van der Waals surface area contributed by atoms with E-state index in [0.29, 0.717) is 59.0 Å². The number of carbonyl (C=O) groups is 4. The summed E-state index contributed by atoms with van der Waals surface area (Å²) in [7, 11) is 0. The lowest BCUT2D eigenvalue weighted by molar-refractivity contribution is 0.0597. The molecule has 0 fully saturated rings. The molecule has 0 radical (unpaired) electrons. The quantitative estimate of drug-likeness (QED) is 0.106. The van der Waals surface area contributed by atoms with Gasteiger partial charge >= 0.3 is 0 Å². The van der Waals surface area contributed by atoms with E-state index in [-0.39, 0.29) is 23.6 Å². The Bertz CT molecular complexity index is 2250. The van der Waals surface area contributed by atoms with E-state index in [4.69, 9.17) is 0 Å². The molecule has 0 unspecified atom stereocenters. The van der Waals surface area contributed by atoms with Gasteiger partial charge < -0.3 is 0 Å². The average Bonchev–Trinajstić information content (AvgIpc) is 3.10. The maximum absolute atomic E-state index is 13.9. The van der Waals surface area contributed by atoms with Crippen molar-refractivity contribution in [2.45, 2.75) is 26.7 Å². The first-order chi connectivity index (χ1) is 23.3. The molecular formula is C42H30N2O4. The first-order valence-electron chi connectivity index (χ1n) is 16.3. The summed E-state index contributed by atoms with van der Waals surface area (Å²) in [6.45, 7) is 4.65. The van der Waals surface area contributed by atoms with Gasteiger partial charge in [-0.3, -0.25) is 29.0 Å². The molecule has 0 atom stereocenters. The van der Waals surface area contributed by atoms with Crippen LogP contribution in [0.15, 0.2) is 97.1 Å². The Morgan fingerprint density at radius 3 is 0.958 bits per heavy atom. The molecule has 7 aromatic rings. The highest BCUT2D eigenvalue weighted by Gasteiger charge is 2.36. The van der Waals surface area contributed by atoms with Crippen molar-refractivity contribution in [1.82, 2.24) is 9.80 Å². The van der Waals surface area contributed by atoms with Gasteiger partial charge in [-0.1, -0.05) is 83.9 Å². The van der Waals surface area contributed by atoms with Crippen molar-refractivity contribution >= 4 is 66.7 Å².